The zero-order valence-electron chi connectivity index (χ0n) is 11.0. The first-order valence-electron chi connectivity index (χ1n) is 5.87. The summed E-state index contributed by atoms with van der Waals surface area (Å²) in [5.41, 5.74) is 0.416. The number of hydrogen-bond donors (Lipinski definition) is 1. The lowest BCUT2D eigenvalue weighted by Crippen LogP contribution is -2.55. The fourth-order valence-corrected chi connectivity index (χ4v) is 2.52. The second-order valence-corrected chi connectivity index (χ2v) is 6.94. The SMILES string of the molecule is CC(C)(C)C1CC(=O)CNC1C(C)(C)C. The zero-order valence-corrected chi connectivity index (χ0v) is 11.0. The molecular formula is C13H25NO. The molecule has 0 radical (unpaired) electrons. The first-order valence-corrected chi connectivity index (χ1v) is 5.87. The van der Waals surface area contributed by atoms with Gasteiger partial charge in [-0.15, -0.1) is 0 Å². The second-order valence-electron chi connectivity index (χ2n) is 6.94. The molecule has 0 aromatic heterocycles. The van der Waals surface area contributed by atoms with Crippen LogP contribution in [-0.4, -0.2) is 18.4 Å². The maximum atomic E-state index is 11.5. The number of Topliss-reactive ketones (excluding diaryl/α,β-unsaturated/α-hetero) is 1. The van der Waals surface area contributed by atoms with Crippen LogP contribution in [0.2, 0.25) is 0 Å². The van der Waals surface area contributed by atoms with Crippen LogP contribution in [0.1, 0.15) is 48.0 Å². The molecule has 0 amide bonds. The molecule has 2 nitrogen and oxygen atoms in total. The van der Waals surface area contributed by atoms with Crippen LogP contribution in [0.5, 0.6) is 0 Å². The lowest BCUT2D eigenvalue weighted by molar-refractivity contribution is -0.123. The predicted octanol–water partition coefficient (Wildman–Crippen LogP) is 2.63. The number of rotatable bonds is 0. The molecule has 0 aromatic rings. The molecule has 0 spiro atoms. The summed E-state index contributed by atoms with van der Waals surface area (Å²) in [5, 5.41) is 3.42. The Labute approximate surface area is 93.8 Å². The molecular weight excluding hydrogens is 186 g/mol. The summed E-state index contributed by atoms with van der Waals surface area (Å²) in [6.07, 6.45) is 0.735. The van der Waals surface area contributed by atoms with E-state index < -0.39 is 0 Å². The normalized spacial score (nSPS) is 29.3. The van der Waals surface area contributed by atoms with E-state index >= 15 is 0 Å². The number of ketones is 1. The van der Waals surface area contributed by atoms with Crippen LogP contribution in [0, 0.1) is 16.7 Å². The van der Waals surface area contributed by atoms with Gasteiger partial charge in [0.15, 0.2) is 0 Å². The van der Waals surface area contributed by atoms with Gasteiger partial charge in [0.1, 0.15) is 5.78 Å². The monoisotopic (exact) mass is 211 g/mol. The molecule has 1 aliphatic rings. The molecule has 1 saturated heterocycles. The van der Waals surface area contributed by atoms with Crippen LogP contribution >= 0.6 is 0 Å². The Balaban J connectivity index is 2.90. The van der Waals surface area contributed by atoms with Crippen molar-refractivity contribution in [3.05, 3.63) is 0 Å². The average molecular weight is 211 g/mol. The molecule has 1 rings (SSSR count). The van der Waals surface area contributed by atoms with E-state index in [1.165, 1.54) is 0 Å². The average Bonchev–Trinajstić information content (AvgIpc) is 2.00. The lowest BCUT2D eigenvalue weighted by Gasteiger charge is -2.46. The number of carbonyl (C=O) groups excluding carboxylic acids is 1. The Bertz CT molecular complexity index is 244. The van der Waals surface area contributed by atoms with Gasteiger partial charge >= 0.3 is 0 Å². The summed E-state index contributed by atoms with van der Waals surface area (Å²) >= 11 is 0. The van der Waals surface area contributed by atoms with Crippen molar-refractivity contribution in [1.82, 2.24) is 5.32 Å². The zero-order chi connectivity index (χ0) is 11.9. The van der Waals surface area contributed by atoms with Gasteiger partial charge in [0.25, 0.3) is 0 Å². The highest BCUT2D eigenvalue weighted by atomic mass is 16.1. The maximum Gasteiger partial charge on any atom is 0.146 e. The van der Waals surface area contributed by atoms with Gasteiger partial charge in [-0.25, -0.2) is 0 Å². The molecule has 1 N–H and O–H groups in total. The Hall–Kier alpha value is -0.370. The van der Waals surface area contributed by atoms with Crippen LogP contribution in [-0.2, 0) is 4.79 Å². The van der Waals surface area contributed by atoms with Gasteiger partial charge in [-0.1, -0.05) is 41.5 Å². The summed E-state index contributed by atoms with van der Waals surface area (Å²) in [4.78, 5) is 11.5. The minimum absolute atomic E-state index is 0.195. The third kappa shape index (κ3) is 3.04. The number of nitrogens with one attached hydrogen (secondary N) is 1. The van der Waals surface area contributed by atoms with E-state index in [0.29, 0.717) is 24.3 Å². The third-order valence-electron chi connectivity index (χ3n) is 3.41. The van der Waals surface area contributed by atoms with Crippen molar-refractivity contribution in [2.75, 3.05) is 6.54 Å². The molecule has 1 aliphatic heterocycles. The Morgan fingerprint density at radius 2 is 1.60 bits per heavy atom. The molecule has 88 valence electrons. The topological polar surface area (TPSA) is 29.1 Å². The lowest BCUT2D eigenvalue weighted by atomic mass is 9.65. The van der Waals surface area contributed by atoms with Crippen LogP contribution in [0.25, 0.3) is 0 Å². The van der Waals surface area contributed by atoms with Gasteiger partial charge in [0.2, 0.25) is 0 Å². The summed E-state index contributed by atoms with van der Waals surface area (Å²) < 4.78 is 0. The molecule has 2 unspecified atom stereocenters. The van der Waals surface area contributed by atoms with Gasteiger partial charge in [-0.3, -0.25) is 4.79 Å². The van der Waals surface area contributed by atoms with E-state index in [2.05, 4.69) is 46.9 Å². The van der Waals surface area contributed by atoms with E-state index in [-0.39, 0.29) is 10.8 Å². The van der Waals surface area contributed by atoms with Crippen molar-refractivity contribution in [3.8, 4) is 0 Å². The van der Waals surface area contributed by atoms with Crippen molar-refractivity contribution >= 4 is 5.78 Å². The Morgan fingerprint density at radius 3 is 2.00 bits per heavy atom. The summed E-state index contributed by atoms with van der Waals surface area (Å²) in [6.45, 7) is 14.0. The highest BCUT2D eigenvalue weighted by molar-refractivity contribution is 5.81. The molecule has 1 fully saturated rings. The van der Waals surface area contributed by atoms with E-state index in [4.69, 9.17) is 0 Å². The highest BCUT2D eigenvalue weighted by Gasteiger charge is 2.42. The fourth-order valence-electron chi connectivity index (χ4n) is 2.52. The van der Waals surface area contributed by atoms with Crippen LogP contribution in [0.4, 0.5) is 0 Å². The van der Waals surface area contributed by atoms with Crippen molar-refractivity contribution in [2.45, 2.75) is 54.0 Å². The van der Waals surface area contributed by atoms with Gasteiger partial charge in [0, 0.05) is 12.5 Å². The molecule has 0 aliphatic carbocycles. The second kappa shape index (κ2) is 3.89. The number of piperidine rings is 1. The Morgan fingerprint density at radius 1 is 1.07 bits per heavy atom. The van der Waals surface area contributed by atoms with Crippen molar-refractivity contribution < 1.29 is 4.79 Å². The molecule has 0 bridgehead atoms. The van der Waals surface area contributed by atoms with E-state index in [1.807, 2.05) is 0 Å². The number of hydrogen-bond acceptors (Lipinski definition) is 2. The first-order chi connectivity index (χ1) is 6.62. The highest BCUT2D eigenvalue weighted by Crippen LogP contribution is 2.40. The molecule has 15 heavy (non-hydrogen) atoms. The molecule has 0 saturated carbocycles. The predicted molar refractivity (Wildman–Crippen MR) is 63.8 cm³/mol. The molecule has 0 aromatic carbocycles. The van der Waals surface area contributed by atoms with E-state index in [1.54, 1.807) is 0 Å². The maximum absolute atomic E-state index is 11.5. The van der Waals surface area contributed by atoms with Crippen molar-refractivity contribution in [2.24, 2.45) is 16.7 Å². The van der Waals surface area contributed by atoms with Crippen LogP contribution in [0.3, 0.4) is 0 Å². The van der Waals surface area contributed by atoms with Gasteiger partial charge in [-0.2, -0.15) is 0 Å². The minimum Gasteiger partial charge on any atom is -0.306 e. The molecule has 1 heterocycles. The van der Waals surface area contributed by atoms with Crippen LogP contribution < -0.4 is 5.32 Å². The first kappa shape index (κ1) is 12.7. The standard InChI is InChI=1S/C13H25NO/c1-12(2,3)10-7-9(15)8-14-11(10)13(4,5)6/h10-11,14H,7-8H2,1-6H3. The Kier molecular flexibility index (Phi) is 3.30. The van der Waals surface area contributed by atoms with Gasteiger partial charge < -0.3 is 5.32 Å². The van der Waals surface area contributed by atoms with Gasteiger partial charge in [0.05, 0.1) is 6.54 Å². The smallest absolute Gasteiger partial charge is 0.146 e. The van der Waals surface area contributed by atoms with Gasteiger partial charge in [-0.05, 0) is 16.7 Å². The quantitative estimate of drug-likeness (QED) is 0.667. The van der Waals surface area contributed by atoms with Crippen molar-refractivity contribution in [3.63, 3.8) is 0 Å². The summed E-state index contributed by atoms with van der Waals surface area (Å²) in [6, 6.07) is 0.440. The fraction of sp³-hybridized carbons (Fsp3) is 0.923. The van der Waals surface area contributed by atoms with Crippen LogP contribution in [0.15, 0.2) is 0 Å². The van der Waals surface area contributed by atoms with E-state index in [0.717, 1.165) is 6.42 Å². The minimum atomic E-state index is 0.195. The third-order valence-corrected chi connectivity index (χ3v) is 3.41. The van der Waals surface area contributed by atoms with E-state index in [9.17, 15) is 4.79 Å². The molecule has 2 heteroatoms. The summed E-state index contributed by atoms with van der Waals surface area (Å²) in [5.74, 6) is 0.800. The number of carbonyl (C=O) groups is 1. The largest absolute Gasteiger partial charge is 0.306 e. The van der Waals surface area contributed by atoms with Crippen molar-refractivity contribution in [1.29, 1.82) is 0 Å². The summed E-state index contributed by atoms with van der Waals surface area (Å²) in [7, 11) is 0. The molecule has 2 atom stereocenters.